The van der Waals surface area contributed by atoms with Crippen LogP contribution in [0.2, 0.25) is 0 Å². The summed E-state index contributed by atoms with van der Waals surface area (Å²) < 4.78 is 5.08. The van der Waals surface area contributed by atoms with E-state index in [1.165, 1.54) is 6.39 Å². The van der Waals surface area contributed by atoms with Gasteiger partial charge in [0.1, 0.15) is 5.76 Å². The Morgan fingerprint density at radius 1 is 1.71 bits per heavy atom. The number of aryl methyl sites for hydroxylation is 1. The first-order valence-electron chi connectivity index (χ1n) is 4.81. The number of nitrogens with one attached hydrogen (secondary N) is 1. The van der Waals surface area contributed by atoms with E-state index in [0.717, 1.165) is 12.1 Å². The third-order valence-electron chi connectivity index (χ3n) is 2.19. The van der Waals surface area contributed by atoms with E-state index < -0.39 is 0 Å². The highest BCUT2D eigenvalue weighted by molar-refractivity contribution is 5.78. The second kappa shape index (κ2) is 4.79. The quantitative estimate of drug-likeness (QED) is 0.792. The summed E-state index contributed by atoms with van der Waals surface area (Å²) in [6.45, 7) is 5.84. The molecule has 0 aromatic carbocycles. The highest BCUT2D eigenvalue weighted by Crippen LogP contribution is 2.05. The monoisotopic (exact) mass is 196 g/mol. The van der Waals surface area contributed by atoms with Gasteiger partial charge in [0.15, 0.2) is 6.39 Å². The van der Waals surface area contributed by atoms with Gasteiger partial charge in [-0.05, 0) is 20.3 Å². The van der Waals surface area contributed by atoms with Crippen molar-refractivity contribution in [3.8, 4) is 0 Å². The fourth-order valence-corrected chi connectivity index (χ4v) is 1.07. The maximum Gasteiger partial charge on any atom is 0.227 e. The van der Waals surface area contributed by atoms with Crippen LogP contribution in [0.4, 0.5) is 0 Å². The first kappa shape index (κ1) is 10.8. The highest BCUT2D eigenvalue weighted by atomic mass is 16.3. The van der Waals surface area contributed by atoms with Crippen molar-refractivity contribution in [2.45, 2.75) is 39.7 Å². The zero-order chi connectivity index (χ0) is 10.6. The smallest absolute Gasteiger partial charge is 0.227 e. The van der Waals surface area contributed by atoms with Crippen LogP contribution in [0.5, 0.6) is 0 Å². The molecule has 4 nitrogen and oxygen atoms in total. The number of hydrogen-bond donors (Lipinski definition) is 1. The van der Waals surface area contributed by atoms with Gasteiger partial charge in [-0.15, -0.1) is 0 Å². The number of nitrogens with zero attached hydrogens (tertiary/aromatic N) is 1. The van der Waals surface area contributed by atoms with Crippen LogP contribution in [0.15, 0.2) is 10.8 Å². The molecular weight excluding hydrogens is 180 g/mol. The van der Waals surface area contributed by atoms with E-state index in [-0.39, 0.29) is 18.4 Å². The second-order valence-electron chi connectivity index (χ2n) is 3.41. The number of carbonyl (C=O) groups is 1. The summed E-state index contributed by atoms with van der Waals surface area (Å²) in [6.07, 6.45) is 2.57. The minimum atomic E-state index is -0.0146. The van der Waals surface area contributed by atoms with Crippen LogP contribution in [0.1, 0.15) is 31.7 Å². The van der Waals surface area contributed by atoms with Crippen molar-refractivity contribution in [1.29, 1.82) is 0 Å². The number of carbonyl (C=O) groups excluding carboxylic acids is 1. The number of amides is 1. The standard InChI is InChI=1S/C10H16N2O2/c1-4-7(2)12-10(13)5-9-8(3)11-6-14-9/h6-7H,4-5H2,1-3H3,(H,12,13). The van der Waals surface area contributed by atoms with Crippen molar-refractivity contribution in [3.05, 3.63) is 17.8 Å². The SMILES string of the molecule is CCC(C)NC(=O)Cc1ocnc1C. The van der Waals surface area contributed by atoms with Crippen molar-refractivity contribution < 1.29 is 9.21 Å². The average Bonchev–Trinajstić information content (AvgIpc) is 2.51. The molecular formula is C10H16N2O2. The molecule has 1 aromatic heterocycles. The van der Waals surface area contributed by atoms with Gasteiger partial charge in [0.2, 0.25) is 5.91 Å². The molecule has 0 saturated heterocycles. The van der Waals surface area contributed by atoms with Crippen LogP contribution >= 0.6 is 0 Å². The van der Waals surface area contributed by atoms with Gasteiger partial charge in [-0.1, -0.05) is 6.92 Å². The first-order chi connectivity index (χ1) is 6.63. The van der Waals surface area contributed by atoms with E-state index in [1.807, 2.05) is 20.8 Å². The zero-order valence-corrected chi connectivity index (χ0v) is 8.83. The lowest BCUT2D eigenvalue weighted by atomic mass is 10.2. The Hall–Kier alpha value is -1.32. The van der Waals surface area contributed by atoms with Crippen LogP contribution in [0, 0.1) is 6.92 Å². The molecule has 1 amide bonds. The molecule has 0 bridgehead atoms. The summed E-state index contributed by atoms with van der Waals surface area (Å²) in [5, 5.41) is 2.87. The predicted octanol–water partition coefficient (Wildman–Crippen LogP) is 1.44. The Labute approximate surface area is 83.7 Å². The van der Waals surface area contributed by atoms with E-state index in [4.69, 9.17) is 4.42 Å². The first-order valence-corrected chi connectivity index (χ1v) is 4.81. The molecule has 0 aliphatic carbocycles. The Balaban J connectivity index is 2.45. The molecule has 0 saturated carbocycles. The van der Waals surface area contributed by atoms with Gasteiger partial charge in [-0.25, -0.2) is 4.98 Å². The highest BCUT2D eigenvalue weighted by Gasteiger charge is 2.11. The summed E-state index contributed by atoms with van der Waals surface area (Å²) in [6, 6.07) is 0.214. The van der Waals surface area contributed by atoms with Gasteiger partial charge in [0.05, 0.1) is 12.1 Å². The predicted molar refractivity (Wildman–Crippen MR) is 52.8 cm³/mol. The van der Waals surface area contributed by atoms with Crippen molar-refractivity contribution in [3.63, 3.8) is 0 Å². The fraction of sp³-hybridized carbons (Fsp3) is 0.600. The Kier molecular flexibility index (Phi) is 3.68. The fourth-order valence-electron chi connectivity index (χ4n) is 1.07. The molecule has 1 heterocycles. The molecule has 0 aliphatic heterocycles. The van der Waals surface area contributed by atoms with Gasteiger partial charge in [-0.3, -0.25) is 4.79 Å². The lowest BCUT2D eigenvalue weighted by Gasteiger charge is -2.10. The third-order valence-corrected chi connectivity index (χ3v) is 2.19. The molecule has 1 rings (SSSR count). The van der Waals surface area contributed by atoms with Crippen LogP contribution < -0.4 is 5.32 Å². The lowest BCUT2D eigenvalue weighted by Crippen LogP contribution is -2.33. The Morgan fingerprint density at radius 2 is 2.43 bits per heavy atom. The molecule has 1 N–H and O–H groups in total. The molecule has 14 heavy (non-hydrogen) atoms. The Morgan fingerprint density at radius 3 is 2.93 bits per heavy atom. The largest absolute Gasteiger partial charge is 0.448 e. The summed E-state index contributed by atoms with van der Waals surface area (Å²) >= 11 is 0. The minimum Gasteiger partial charge on any atom is -0.448 e. The summed E-state index contributed by atoms with van der Waals surface area (Å²) in [5.74, 6) is 0.630. The maximum atomic E-state index is 11.4. The summed E-state index contributed by atoms with van der Waals surface area (Å²) in [5.41, 5.74) is 0.782. The van der Waals surface area contributed by atoms with E-state index in [9.17, 15) is 4.79 Å². The van der Waals surface area contributed by atoms with Crippen molar-refractivity contribution in [2.75, 3.05) is 0 Å². The molecule has 0 aliphatic rings. The van der Waals surface area contributed by atoms with Gasteiger partial charge < -0.3 is 9.73 Å². The summed E-state index contributed by atoms with van der Waals surface area (Å²) in [7, 11) is 0. The van der Waals surface area contributed by atoms with Crippen LogP contribution in [-0.2, 0) is 11.2 Å². The Bertz CT molecular complexity index is 307. The molecule has 0 fully saturated rings. The van der Waals surface area contributed by atoms with Crippen molar-refractivity contribution in [2.24, 2.45) is 0 Å². The number of rotatable bonds is 4. The molecule has 1 atom stereocenters. The molecule has 0 spiro atoms. The van der Waals surface area contributed by atoms with Crippen LogP contribution in [-0.4, -0.2) is 16.9 Å². The van der Waals surface area contributed by atoms with E-state index in [0.29, 0.717) is 5.76 Å². The van der Waals surface area contributed by atoms with Gasteiger partial charge >= 0.3 is 0 Å². The summed E-state index contributed by atoms with van der Waals surface area (Å²) in [4.78, 5) is 15.4. The molecule has 0 radical (unpaired) electrons. The van der Waals surface area contributed by atoms with E-state index >= 15 is 0 Å². The lowest BCUT2D eigenvalue weighted by molar-refractivity contribution is -0.121. The van der Waals surface area contributed by atoms with Crippen LogP contribution in [0.25, 0.3) is 0 Å². The van der Waals surface area contributed by atoms with Gasteiger partial charge in [0.25, 0.3) is 0 Å². The molecule has 78 valence electrons. The molecule has 4 heteroatoms. The second-order valence-corrected chi connectivity index (χ2v) is 3.41. The maximum absolute atomic E-state index is 11.4. The average molecular weight is 196 g/mol. The number of hydrogen-bond acceptors (Lipinski definition) is 3. The topological polar surface area (TPSA) is 55.1 Å². The van der Waals surface area contributed by atoms with E-state index in [1.54, 1.807) is 0 Å². The van der Waals surface area contributed by atoms with E-state index in [2.05, 4.69) is 10.3 Å². The van der Waals surface area contributed by atoms with Crippen LogP contribution in [0.3, 0.4) is 0 Å². The molecule has 1 aromatic rings. The normalized spacial score (nSPS) is 12.5. The number of oxazole rings is 1. The van der Waals surface area contributed by atoms with Crippen molar-refractivity contribution >= 4 is 5.91 Å². The molecule has 1 unspecified atom stereocenters. The van der Waals surface area contributed by atoms with Gasteiger partial charge in [-0.2, -0.15) is 0 Å². The number of aromatic nitrogens is 1. The van der Waals surface area contributed by atoms with Gasteiger partial charge in [0, 0.05) is 6.04 Å². The third kappa shape index (κ3) is 2.87. The zero-order valence-electron chi connectivity index (χ0n) is 8.83. The van der Waals surface area contributed by atoms with Crippen molar-refractivity contribution in [1.82, 2.24) is 10.3 Å². The minimum absolute atomic E-state index is 0.0146.